The quantitative estimate of drug-likeness (QED) is 0.633. The lowest BCUT2D eigenvalue weighted by atomic mass is 10.2. The summed E-state index contributed by atoms with van der Waals surface area (Å²) in [5.74, 6) is -1.40. The zero-order valence-corrected chi connectivity index (χ0v) is 9.75. The molecular weight excluding hydrogens is 240 g/mol. The molecule has 7 heteroatoms. The molecule has 0 aliphatic heterocycles. The molecule has 1 atom stereocenters. The van der Waals surface area contributed by atoms with E-state index in [2.05, 4.69) is 0 Å². The fourth-order valence-corrected chi connectivity index (χ4v) is 1.27. The molecule has 0 bridgehead atoms. The molecule has 5 N–H and O–H groups in total. The van der Waals surface area contributed by atoms with E-state index in [1.807, 2.05) is 0 Å². The van der Waals surface area contributed by atoms with Gasteiger partial charge in [-0.2, -0.15) is 0 Å². The van der Waals surface area contributed by atoms with Crippen molar-refractivity contribution in [3.05, 3.63) is 23.8 Å². The summed E-state index contributed by atoms with van der Waals surface area (Å²) >= 11 is 0. The molecule has 1 aromatic carbocycles. The molecule has 1 unspecified atom stereocenters. The molecule has 0 spiro atoms. The summed E-state index contributed by atoms with van der Waals surface area (Å²) in [7, 11) is 1.37. The number of ether oxygens (including phenoxy) is 2. The van der Waals surface area contributed by atoms with Crippen molar-refractivity contribution in [3.8, 4) is 11.5 Å². The Kier molecular flexibility index (Phi) is 4.50. The van der Waals surface area contributed by atoms with Gasteiger partial charge in [0.15, 0.2) is 11.5 Å². The van der Waals surface area contributed by atoms with Gasteiger partial charge in [-0.15, -0.1) is 0 Å². The monoisotopic (exact) mass is 254 g/mol. The Labute approximate surface area is 103 Å². The second kappa shape index (κ2) is 5.87. The Morgan fingerprint density at radius 2 is 2.06 bits per heavy atom. The minimum atomic E-state index is -1.18. The van der Waals surface area contributed by atoms with Crippen molar-refractivity contribution in [1.82, 2.24) is 0 Å². The van der Waals surface area contributed by atoms with Crippen molar-refractivity contribution in [3.63, 3.8) is 0 Å². The van der Waals surface area contributed by atoms with Gasteiger partial charge in [0, 0.05) is 12.1 Å². The van der Waals surface area contributed by atoms with Gasteiger partial charge in [-0.25, -0.2) is 4.79 Å². The lowest BCUT2D eigenvalue weighted by molar-refractivity contribution is -0.144. The summed E-state index contributed by atoms with van der Waals surface area (Å²) in [4.78, 5) is 21.8. The first kappa shape index (κ1) is 13.8. The highest BCUT2D eigenvalue weighted by atomic mass is 16.5. The molecule has 0 radical (unpaired) electrons. The van der Waals surface area contributed by atoms with E-state index in [-0.39, 0.29) is 23.6 Å². The van der Waals surface area contributed by atoms with E-state index in [4.69, 9.17) is 26.0 Å². The lowest BCUT2D eigenvalue weighted by Gasteiger charge is -2.15. The zero-order valence-electron chi connectivity index (χ0n) is 9.75. The van der Waals surface area contributed by atoms with Gasteiger partial charge in [-0.1, -0.05) is 0 Å². The first-order chi connectivity index (χ1) is 8.49. The van der Waals surface area contributed by atoms with Crippen LogP contribution in [0.2, 0.25) is 0 Å². The number of carbonyl (C=O) groups is 2. The predicted octanol–water partition coefficient (Wildman–Crippen LogP) is -0.415. The maximum absolute atomic E-state index is 11.0. The van der Waals surface area contributed by atoms with Crippen molar-refractivity contribution in [2.45, 2.75) is 6.10 Å². The van der Waals surface area contributed by atoms with Crippen LogP contribution in [0, 0.1) is 0 Å². The third-order valence-electron chi connectivity index (χ3n) is 2.21. The highest BCUT2D eigenvalue weighted by molar-refractivity contribution is 5.93. The summed E-state index contributed by atoms with van der Waals surface area (Å²) in [6.07, 6.45) is -1.18. The van der Waals surface area contributed by atoms with Crippen molar-refractivity contribution < 1.29 is 24.2 Å². The number of carboxylic acid groups (broad SMARTS) is 1. The highest BCUT2D eigenvalue weighted by Crippen LogP contribution is 2.28. The molecule has 0 aromatic heterocycles. The number of amides is 1. The van der Waals surface area contributed by atoms with Gasteiger partial charge in [0.05, 0.1) is 7.11 Å². The summed E-state index contributed by atoms with van der Waals surface area (Å²) in [6.45, 7) is -0.184. The van der Waals surface area contributed by atoms with E-state index in [1.165, 1.54) is 25.3 Å². The zero-order chi connectivity index (χ0) is 13.7. The third-order valence-corrected chi connectivity index (χ3v) is 2.21. The van der Waals surface area contributed by atoms with Crippen LogP contribution in [-0.2, 0) is 4.79 Å². The summed E-state index contributed by atoms with van der Waals surface area (Å²) < 4.78 is 10.2. The minimum absolute atomic E-state index is 0.181. The van der Waals surface area contributed by atoms with Crippen LogP contribution in [0.25, 0.3) is 0 Å². The SMILES string of the molecule is COc1cc(C(N)=O)ccc1OC(CN)C(=O)O. The highest BCUT2D eigenvalue weighted by Gasteiger charge is 2.19. The normalized spacial score (nSPS) is 11.7. The number of primary amides is 1. The largest absolute Gasteiger partial charge is 0.493 e. The third kappa shape index (κ3) is 3.11. The number of methoxy groups -OCH3 is 1. The number of aliphatic carboxylic acids is 1. The average molecular weight is 254 g/mol. The molecule has 18 heavy (non-hydrogen) atoms. The fraction of sp³-hybridized carbons (Fsp3) is 0.273. The van der Waals surface area contributed by atoms with Gasteiger partial charge < -0.3 is 26.0 Å². The molecule has 0 fully saturated rings. The Balaban J connectivity index is 3.02. The maximum Gasteiger partial charge on any atom is 0.346 e. The second-order valence-corrected chi connectivity index (χ2v) is 3.41. The molecular formula is C11H14N2O5. The van der Waals surface area contributed by atoms with E-state index in [9.17, 15) is 9.59 Å². The molecule has 7 nitrogen and oxygen atoms in total. The van der Waals surface area contributed by atoms with Gasteiger partial charge in [0.2, 0.25) is 12.0 Å². The van der Waals surface area contributed by atoms with E-state index in [1.54, 1.807) is 0 Å². The molecule has 1 rings (SSSR count). The Hall–Kier alpha value is -2.28. The molecule has 0 saturated heterocycles. The lowest BCUT2D eigenvalue weighted by Crippen LogP contribution is -2.34. The van der Waals surface area contributed by atoms with Crippen molar-refractivity contribution in [2.75, 3.05) is 13.7 Å². The summed E-state index contributed by atoms with van der Waals surface area (Å²) in [5, 5.41) is 8.82. The van der Waals surface area contributed by atoms with E-state index >= 15 is 0 Å². The minimum Gasteiger partial charge on any atom is -0.493 e. The molecule has 1 aromatic rings. The Bertz CT molecular complexity index is 461. The van der Waals surface area contributed by atoms with Crippen LogP contribution in [0.3, 0.4) is 0 Å². The molecule has 98 valence electrons. The number of hydrogen-bond donors (Lipinski definition) is 3. The average Bonchev–Trinajstić information content (AvgIpc) is 2.35. The standard InChI is InChI=1S/C11H14N2O5/c1-17-8-4-6(10(13)14)2-3-7(8)18-9(5-12)11(15)16/h2-4,9H,5,12H2,1H3,(H2,13,14)(H,15,16). The van der Waals surface area contributed by atoms with Crippen molar-refractivity contribution >= 4 is 11.9 Å². The van der Waals surface area contributed by atoms with Crippen LogP contribution in [0.5, 0.6) is 11.5 Å². The Morgan fingerprint density at radius 3 is 2.50 bits per heavy atom. The van der Waals surface area contributed by atoms with Gasteiger partial charge >= 0.3 is 5.97 Å². The summed E-state index contributed by atoms with van der Waals surface area (Å²) in [6, 6.07) is 4.19. The molecule has 1 amide bonds. The van der Waals surface area contributed by atoms with Crippen LogP contribution < -0.4 is 20.9 Å². The van der Waals surface area contributed by atoms with E-state index < -0.39 is 18.0 Å². The summed E-state index contributed by atoms with van der Waals surface area (Å²) in [5.41, 5.74) is 10.6. The smallest absolute Gasteiger partial charge is 0.346 e. The van der Waals surface area contributed by atoms with E-state index in [0.29, 0.717) is 0 Å². The number of benzene rings is 1. The van der Waals surface area contributed by atoms with Crippen LogP contribution in [0.1, 0.15) is 10.4 Å². The number of hydrogen-bond acceptors (Lipinski definition) is 5. The van der Waals surface area contributed by atoms with Crippen LogP contribution in [-0.4, -0.2) is 36.7 Å². The molecule has 0 aliphatic rings. The van der Waals surface area contributed by atoms with Crippen LogP contribution in [0.4, 0.5) is 0 Å². The maximum atomic E-state index is 11.0. The Morgan fingerprint density at radius 1 is 1.39 bits per heavy atom. The van der Waals surface area contributed by atoms with Gasteiger partial charge in [-0.05, 0) is 18.2 Å². The van der Waals surface area contributed by atoms with Gasteiger partial charge in [-0.3, -0.25) is 4.79 Å². The fourth-order valence-electron chi connectivity index (χ4n) is 1.27. The first-order valence-corrected chi connectivity index (χ1v) is 5.07. The first-order valence-electron chi connectivity index (χ1n) is 5.07. The van der Waals surface area contributed by atoms with Crippen molar-refractivity contribution in [2.24, 2.45) is 11.5 Å². The van der Waals surface area contributed by atoms with Crippen LogP contribution >= 0.6 is 0 Å². The number of rotatable bonds is 6. The second-order valence-electron chi connectivity index (χ2n) is 3.41. The van der Waals surface area contributed by atoms with E-state index in [0.717, 1.165) is 0 Å². The molecule has 0 saturated carbocycles. The number of nitrogens with two attached hydrogens (primary N) is 2. The molecule has 0 heterocycles. The van der Waals surface area contributed by atoms with Crippen molar-refractivity contribution in [1.29, 1.82) is 0 Å². The number of carbonyl (C=O) groups excluding carboxylic acids is 1. The van der Waals surface area contributed by atoms with Crippen LogP contribution in [0.15, 0.2) is 18.2 Å². The van der Waals surface area contributed by atoms with Gasteiger partial charge in [0.1, 0.15) is 0 Å². The molecule has 0 aliphatic carbocycles. The topological polar surface area (TPSA) is 125 Å². The number of carboxylic acids is 1. The van der Waals surface area contributed by atoms with Gasteiger partial charge in [0.25, 0.3) is 0 Å². The predicted molar refractivity (Wildman–Crippen MR) is 62.6 cm³/mol.